The first-order valence-electron chi connectivity index (χ1n) is 6.78. The fourth-order valence-corrected chi connectivity index (χ4v) is 2.35. The van der Waals surface area contributed by atoms with Crippen LogP contribution in [0.3, 0.4) is 0 Å². The van der Waals surface area contributed by atoms with Crippen LogP contribution in [0.1, 0.15) is 37.8 Å². The van der Waals surface area contributed by atoms with Crippen molar-refractivity contribution in [2.24, 2.45) is 11.7 Å². The van der Waals surface area contributed by atoms with Crippen LogP contribution in [-0.2, 0) is 9.59 Å². The molecule has 5 nitrogen and oxygen atoms in total. The number of nitrogens with two attached hydrogens (primary N) is 1. The highest BCUT2D eigenvalue weighted by Crippen LogP contribution is 2.39. The maximum Gasteiger partial charge on any atom is 0.329 e. The Kier molecular flexibility index (Phi) is 4.09. The molecule has 4 N–H and O–H groups in total. The summed E-state index contributed by atoms with van der Waals surface area (Å²) in [5.41, 5.74) is 5.67. The van der Waals surface area contributed by atoms with E-state index < -0.39 is 17.6 Å². The molecule has 1 aliphatic rings. The molecule has 0 radical (unpaired) electrons. The lowest BCUT2D eigenvalue weighted by molar-refractivity contribution is -0.148. The van der Waals surface area contributed by atoms with E-state index in [0.29, 0.717) is 0 Å². The zero-order valence-corrected chi connectivity index (χ0v) is 11.5. The van der Waals surface area contributed by atoms with Crippen molar-refractivity contribution in [2.45, 2.75) is 37.8 Å². The number of carbonyl (C=O) groups excluding carboxylic acids is 1. The van der Waals surface area contributed by atoms with Gasteiger partial charge in [0, 0.05) is 12.5 Å². The topological polar surface area (TPSA) is 92.4 Å². The quantitative estimate of drug-likeness (QED) is 0.733. The van der Waals surface area contributed by atoms with Gasteiger partial charge in [-0.25, -0.2) is 4.79 Å². The minimum absolute atomic E-state index is 0.0249. The summed E-state index contributed by atoms with van der Waals surface area (Å²) in [5.74, 6) is -1.28. The normalized spacial score (nSPS) is 18.9. The first kappa shape index (κ1) is 14.5. The van der Waals surface area contributed by atoms with Gasteiger partial charge in [-0.2, -0.15) is 0 Å². The molecule has 0 aliphatic heterocycles. The summed E-state index contributed by atoms with van der Waals surface area (Å²) >= 11 is 0. The molecule has 0 aromatic heterocycles. The minimum atomic E-state index is -1.17. The molecule has 1 fully saturated rings. The molecule has 5 heteroatoms. The van der Waals surface area contributed by atoms with Crippen LogP contribution in [0.2, 0.25) is 0 Å². The molecule has 1 aliphatic carbocycles. The molecule has 2 unspecified atom stereocenters. The number of aliphatic carboxylic acids is 1. The number of nitrogens with one attached hydrogen (secondary N) is 1. The molecule has 1 amide bonds. The van der Waals surface area contributed by atoms with Crippen LogP contribution in [0.5, 0.6) is 0 Å². The number of carboxylic acid groups (broad SMARTS) is 1. The number of amides is 1. The Morgan fingerprint density at radius 2 is 2.00 bits per heavy atom. The average Bonchev–Trinajstić information content (AvgIpc) is 3.23. The van der Waals surface area contributed by atoms with Gasteiger partial charge in [-0.05, 0) is 31.2 Å². The van der Waals surface area contributed by atoms with Crippen molar-refractivity contribution in [2.75, 3.05) is 0 Å². The van der Waals surface area contributed by atoms with Gasteiger partial charge in [0.15, 0.2) is 0 Å². The van der Waals surface area contributed by atoms with Gasteiger partial charge < -0.3 is 16.2 Å². The van der Waals surface area contributed by atoms with Crippen molar-refractivity contribution in [1.29, 1.82) is 0 Å². The van der Waals surface area contributed by atoms with Gasteiger partial charge in [-0.15, -0.1) is 0 Å². The maximum atomic E-state index is 12.0. The molecule has 0 heterocycles. The fraction of sp³-hybridized carbons (Fsp3) is 0.467. The van der Waals surface area contributed by atoms with E-state index in [-0.39, 0.29) is 18.2 Å². The number of carbonyl (C=O) groups is 2. The Morgan fingerprint density at radius 3 is 2.50 bits per heavy atom. The second kappa shape index (κ2) is 5.63. The number of rotatable bonds is 6. The van der Waals surface area contributed by atoms with E-state index in [2.05, 4.69) is 5.32 Å². The molecular formula is C15H20N2O3. The van der Waals surface area contributed by atoms with Gasteiger partial charge in [0.05, 0.1) is 0 Å². The van der Waals surface area contributed by atoms with Gasteiger partial charge >= 0.3 is 5.97 Å². The summed E-state index contributed by atoms with van der Waals surface area (Å²) in [6, 6.07) is 8.89. The standard InChI is InChI=1S/C15H20N2O3/c1-15(14(19)20,11-7-8-11)17-13(18)9-12(16)10-5-3-2-4-6-10/h2-6,11-12H,7-9,16H2,1H3,(H,17,18)(H,19,20). The number of benzene rings is 1. The van der Waals surface area contributed by atoms with Crippen LogP contribution in [0, 0.1) is 5.92 Å². The number of carboxylic acids is 1. The van der Waals surface area contributed by atoms with Crippen LogP contribution in [0.25, 0.3) is 0 Å². The Morgan fingerprint density at radius 1 is 1.40 bits per heavy atom. The van der Waals surface area contributed by atoms with E-state index in [4.69, 9.17) is 5.73 Å². The predicted molar refractivity (Wildman–Crippen MR) is 74.9 cm³/mol. The third-order valence-corrected chi connectivity index (χ3v) is 3.87. The molecule has 2 atom stereocenters. The third kappa shape index (κ3) is 3.17. The van der Waals surface area contributed by atoms with Crippen molar-refractivity contribution < 1.29 is 14.7 Å². The van der Waals surface area contributed by atoms with Gasteiger partial charge in [0.2, 0.25) is 5.91 Å². The lowest BCUT2D eigenvalue weighted by Crippen LogP contribution is -2.54. The summed E-state index contributed by atoms with van der Waals surface area (Å²) in [7, 11) is 0. The molecule has 108 valence electrons. The van der Waals surface area contributed by atoms with Crippen molar-refractivity contribution in [3.8, 4) is 0 Å². The van der Waals surface area contributed by atoms with Crippen molar-refractivity contribution in [3.05, 3.63) is 35.9 Å². The van der Waals surface area contributed by atoms with Gasteiger partial charge in [-0.3, -0.25) is 4.79 Å². The molecule has 1 aromatic carbocycles. The average molecular weight is 276 g/mol. The summed E-state index contributed by atoms with van der Waals surface area (Å²) in [6.07, 6.45) is 1.77. The second-order valence-electron chi connectivity index (χ2n) is 5.55. The molecule has 0 saturated heterocycles. The highest BCUT2D eigenvalue weighted by molar-refractivity contribution is 5.87. The van der Waals surface area contributed by atoms with E-state index in [1.807, 2.05) is 30.3 Å². The van der Waals surface area contributed by atoms with Crippen molar-refractivity contribution >= 4 is 11.9 Å². The van der Waals surface area contributed by atoms with E-state index >= 15 is 0 Å². The minimum Gasteiger partial charge on any atom is -0.480 e. The Labute approximate surface area is 118 Å². The third-order valence-electron chi connectivity index (χ3n) is 3.87. The lowest BCUT2D eigenvalue weighted by atomic mass is 9.95. The summed E-state index contributed by atoms with van der Waals surface area (Å²) in [6.45, 7) is 1.57. The van der Waals surface area contributed by atoms with E-state index in [1.54, 1.807) is 6.92 Å². The molecular weight excluding hydrogens is 256 g/mol. The Bertz CT molecular complexity index is 499. The molecule has 0 bridgehead atoms. The van der Waals surface area contributed by atoms with E-state index in [9.17, 15) is 14.7 Å². The number of hydrogen-bond acceptors (Lipinski definition) is 3. The first-order valence-corrected chi connectivity index (χ1v) is 6.78. The predicted octanol–water partition coefficient (Wildman–Crippen LogP) is 1.45. The Hall–Kier alpha value is -1.88. The number of hydrogen-bond donors (Lipinski definition) is 3. The van der Waals surface area contributed by atoms with Gasteiger partial charge in [0.25, 0.3) is 0 Å². The molecule has 0 spiro atoms. The van der Waals surface area contributed by atoms with E-state index in [0.717, 1.165) is 18.4 Å². The van der Waals surface area contributed by atoms with Crippen molar-refractivity contribution in [1.82, 2.24) is 5.32 Å². The van der Waals surface area contributed by atoms with E-state index in [1.165, 1.54) is 0 Å². The van der Waals surface area contributed by atoms with Gasteiger partial charge in [0.1, 0.15) is 5.54 Å². The molecule has 1 saturated carbocycles. The largest absolute Gasteiger partial charge is 0.480 e. The highest BCUT2D eigenvalue weighted by Gasteiger charge is 2.48. The fourth-order valence-electron chi connectivity index (χ4n) is 2.35. The monoisotopic (exact) mass is 276 g/mol. The van der Waals surface area contributed by atoms with Crippen LogP contribution in [0.4, 0.5) is 0 Å². The van der Waals surface area contributed by atoms with Crippen LogP contribution < -0.4 is 11.1 Å². The van der Waals surface area contributed by atoms with Crippen LogP contribution >= 0.6 is 0 Å². The van der Waals surface area contributed by atoms with Crippen LogP contribution in [0.15, 0.2) is 30.3 Å². The first-order chi connectivity index (χ1) is 9.43. The second-order valence-corrected chi connectivity index (χ2v) is 5.55. The smallest absolute Gasteiger partial charge is 0.329 e. The van der Waals surface area contributed by atoms with Gasteiger partial charge in [-0.1, -0.05) is 30.3 Å². The summed E-state index contributed by atoms with van der Waals surface area (Å²) in [4.78, 5) is 23.4. The highest BCUT2D eigenvalue weighted by atomic mass is 16.4. The molecule has 20 heavy (non-hydrogen) atoms. The zero-order valence-electron chi connectivity index (χ0n) is 11.5. The zero-order chi connectivity index (χ0) is 14.8. The summed E-state index contributed by atoms with van der Waals surface area (Å²) in [5, 5.41) is 11.9. The maximum absolute atomic E-state index is 12.0. The Balaban J connectivity index is 1.97. The lowest BCUT2D eigenvalue weighted by Gasteiger charge is -2.26. The summed E-state index contributed by atoms with van der Waals surface area (Å²) < 4.78 is 0. The van der Waals surface area contributed by atoms with Crippen LogP contribution in [-0.4, -0.2) is 22.5 Å². The molecule has 2 rings (SSSR count). The molecule has 1 aromatic rings. The van der Waals surface area contributed by atoms with Crippen molar-refractivity contribution in [3.63, 3.8) is 0 Å². The SMILES string of the molecule is CC(NC(=O)CC(N)c1ccccc1)(C(=O)O)C1CC1.